The quantitative estimate of drug-likeness (QED) is 0.451. The normalized spacial score (nSPS) is 13.8. The highest BCUT2D eigenvalue weighted by molar-refractivity contribution is 6.05. The Balaban J connectivity index is 2.26. The molecule has 0 aliphatic carbocycles. The predicted octanol–water partition coefficient (Wildman–Crippen LogP) is 0.0193. The first-order valence-electron chi connectivity index (χ1n) is 4.94. The maximum absolute atomic E-state index is 10.5. The topological polar surface area (TPSA) is 90.8 Å². The molecule has 1 heterocycles. The zero-order valence-electron chi connectivity index (χ0n) is 8.69. The van der Waals surface area contributed by atoms with Gasteiger partial charge in [0.1, 0.15) is 0 Å². The fourth-order valence-corrected chi connectivity index (χ4v) is 1.19. The number of amidine groups is 1. The molecule has 0 spiro atoms. The summed E-state index contributed by atoms with van der Waals surface area (Å²) in [5.74, 6) is 1.37. The first kappa shape index (κ1) is 12.0. The fraction of sp³-hybridized carbons (Fsp3) is 0.400. The molecule has 1 aliphatic heterocycles. The van der Waals surface area contributed by atoms with Gasteiger partial charge >= 0.3 is 5.97 Å². The molecule has 0 fully saturated rings. The van der Waals surface area contributed by atoms with E-state index in [1.807, 2.05) is 0 Å². The van der Waals surface area contributed by atoms with Gasteiger partial charge in [0.15, 0.2) is 17.5 Å². The van der Waals surface area contributed by atoms with Crippen molar-refractivity contribution in [2.24, 2.45) is 4.99 Å². The Labute approximate surface area is 92.8 Å². The molecule has 3 N–H and O–H groups in total. The molecule has 0 saturated carbocycles. The summed E-state index contributed by atoms with van der Waals surface area (Å²) in [7, 11) is 0. The van der Waals surface area contributed by atoms with Crippen molar-refractivity contribution < 1.29 is 14.7 Å². The van der Waals surface area contributed by atoms with Crippen LogP contribution in [-0.2, 0) is 9.59 Å². The molecular formula is C10H13N3O3. The predicted molar refractivity (Wildman–Crippen MR) is 58.4 cm³/mol. The molecule has 0 aromatic heterocycles. The molecule has 1 aliphatic rings. The van der Waals surface area contributed by atoms with Crippen LogP contribution < -0.4 is 10.6 Å². The molecule has 0 radical (unpaired) electrons. The molecule has 6 heteroatoms. The molecule has 0 aromatic rings. The Morgan fingerprint density at radius 3 is 3.06 bits per heavy atom. The van der Waals surface area contributed by atoms with E-state index in [-0.39, 0.29) is 12.1 Å². The fourth-order valence-electron chi connectivity index (χ4n) is 1.19. The molecule has 0 bridgehead atoms. The smallest absolute Gasteiger partial charge is 0.303 e. The lowest BCUT2D eigenvalue weighted by molar-refractivity contribution is -0.137. The van der Waals surface area contributed by atoms with Gasteiger partial charge < -0.3 is 15.7 Å². The Morgan fingerprint density at radius 1 is 1.56 bits per heavy atom. The van der Waals surface area contributed by atoms with Crippen molar-refractivity contribution in [2.45, 2.75) is 19.3 Å². The average molecular weight is 223 g/mol. The van der Waals surface area contributed by atoms with Gasteiger partial charge in [-0.2, -0.15) is 0 Å². The Bertz CT molecular complexity index is 368. The van der Waals surface area contributed by atoms with Crippen LogP contribution >= 0.6 is 0 Å². The van der Waals surface area contributed by atoms with Crippen LogP contribution in [0.15, 0.2) is 23.1 Å². The molecule has 86 valence electrons. The van der Waals surface area contributed by atoms with E-state index in [2.05, 4.69) is 15.6 Å². The van der Waals surface area contributed by atoms with Crippen LogP contribution in [0.2, 0.25) is 0 Å². The summed E-state index contributed by atoms with van der Waals surface area (Å²) in [4.78, 5) is 24.7. The number of nitrogens with one attached hydrogen (secondary N) is 2. The van der Waals surface area contributed by atoms with Gasteiger partial charge in [0.2, 0.25) is 0 Å². The third kappa shape index (κ3) is 3.98. The second-order valence-electron chi connectivity index (χ2n) is 3.19. The lowest BCUT2D eigenvalue weighted by Gasteiger charge is -2.12. The highest BCUT2D eigenvalue weighted by Gasteiger charge is 2.08. The average Bonchev–Trinajstić information content (AvgIpc) is 2.29. The van der Waals surface area contributed by atoms with Crippen molar-refractivity contribution in [3.63, 3.8) is 0 Å². The van der Waals surface area contributed by atoms with Gasteiger partial charge in [0, 0.05) is 25.4 Å². The molecule has 0 atom stereocenters. The van der Waals surface area contributed by atoms with E-state index in [1.54, 1.807) is 5.94 Å². The van der Waals surface area contributed by atoms with Crippen LogP contribution in [0.4, 0.5) is 0 Å². The molecule has 0 aromatic carbocycles. The van der Waals surface area contributed by atoms with Crippen molar-refractivity contribution in [1.82, 2.24) is 10.6 Å². The number of carboxylic acids is 1. The maximum Gasteiger partial charge on any atom is 0.303 e. The molecule has 0 saturated heterocycles. The molecule has 1 rings (SSSR count). The Kier molecular flexibility index (Phi) is 4.82. The lowest BCUT2D eigenvalue weighted by Crippen LogP contribution is -2.32. The summed E-state index contributed by atoms with van der Waals surface area (Å²) in [6.07, 6.45) is 4.53. The monoisotopic (exact) mass is 223 g/mol. The van der Waals surface area contributed by atoms with E-state index in [4.69, 9.17) is 5.11 Å². The van der Waals surface area contributed by atoms with Crippen molar-refractivity contribution in [1.29, 1.82) is 0 Å². The van der Waals surface area contributed by atoms with Crippen molar-refractivity contribution in [3.8, 4) is 0 Å². The number of aliphatic carboxylic acids is 1. The Hall–Kier alpha value is -2.07. The van der Waals surface area contributed by atoms with E-state index in [1.165, 1.54) is 12.4 Å². The van der Waals surface area contributed by atoms with E-state index in [9.17, 15) is 9.59 Å². The van der Waals surface area contributed by atoms with Crippen LogP contribution in [0.25, 0.3) is 0 Å². The highest BCUT2D eigenvalue weighted by atomic mass is 16.4. The van der Waals surface area contributed by atoms with Crippen molar-refractivity contribution >= 4 is 17.7 Å². The number of hydrogen-bond acceptors (Lipinski definition) is 5. The maximum atomic E-state index is 10.5. The van der Waals surface area contributed by atoms with Crippen LogP contribution in [-0.4, -0.2) is 29.4 Å². The number of nitrogens with zero attached hydrogens (tertiary/aromatic N) is 1. The minimum atomic E-state index is -0.798. The number of unbranched alkanes of at least 4 members (excludes halogenated alkanes) is 1. The van der Waals surface area contributed by atoms with Gasteiger partial charge in [-0.15, -0.1) is 0 Å². The zero-order chi connectivity index (χ0) is 11.8. The summed E-state index contributed by atoms with van der Waals surface area (Å²) in [5, 5.41) is 14.1. The van der Waals surface area contributed by atoms with Gasteiger partial charge in [-0.3, -0.25) is 4.79 Å². The second kappa shape index (κ2) is 6.42. The van der Waals surface area contributed by atoms with E-state index in [0.717, 1.165) is 0 Å². The minimum Gasteiger partial charge on any atom is -0.481 e. The van der Waals surface area contributed by atoms with Gasteiger partial charge in [-0.05, 0) is 12.8 Å². The highest BCUT2D eigenvalue weighted by Crippen LogP contribution is 1.97. The summed E-state index contributed by atoms with van der Waals surface area (Å²) in [6, 6.07) is 0. The molecule has 6 nitrogen and oxygen atoms in total. The third-order valence-corrected chi connectivity index (χ3v) is 1.95. The first-order valence-corrected chi connectivity index (χ1v) is 4.94. The molecule has 0 amide bonds. The number of carbonyl (C=O) groups excluding carboxylic acids is 1. The number of hydrogen-bond donors (Lipinski definition) is 3. The SMILES string of the molecule is O=C=C1NC=CN=C1NCCCCC(=O)O. The van der Waals surface area contributed by atoms with Crippen LogP contribution in [0.1, 0.15) is 19.3 Å². The van der Waals surface area contributed by atoms with E-state index < -0.39 is 5.97 Å². The number of aliphatic imine (C=N–C) groups is 1. The van der Waals surface area contributed by atoms with Gasteiger partial charge in [-0.25, -0.2) is 9.79 Å². The molecular weight excluding hydrogens is 210 g/mol. The van der Waals surface area contributed by atoms with Crippen LogP contribution in [0.5, 0.6) is 0 Å². The molecule has 0 unspecified atom stereocenters. The van der Waals surface area contributed by atoms with Crippen LogP contribution in [0.3, 0.4) is 0 Å². The molecule has 16 heavy (non-hydrogen) atoms. The van der Waals surface area contributed by atoms with Crippen LogP contribution in [0, 0.1) is 0 Å². The van der Waals surface area contributed by atoms with Gasteiger partial charge in [0.25, 0.3) is 0 Å². The second-order valence-corrected chi connectivity index (χ2v) is 3.19. The van der Waals surface area contributed by atoms with Gasteiger partial charge in [-0.1, -0.05) is 0 Å². The van der Waals surface area contributed by atoms with Crippen molar-refractivity contribution in [3.05, 3.63) is 18.1 Å². The summed E-state index contributed by atoms with van der Waals surface area (Å²) < 4.78 is 0. The zero-order valence-corrected chi connectivity index (χ0v) is 8.69. The third-order valence-electron chi connectivity index (χ3n) is 1.95. The minimum absolute atomic E-state index is 0.155. The largest absolute Gasteiger partial charge is 0.481 e. The number of rotatable bonds is 5. The number of carboxylic acid groups (broad SMARTS) is 1. The summed E-state index contributed by atoms with van der Waals surface area (Å²) in [6.45, 7) is 0.576. The first-order chi connectivity index (χ1) is 7.74. The van der Waals surface area contributed by atoms with Gasteiger partial charge in [0.05, 0.1) is 0 Å². The number of carbonyl (C=O) groups is 1. The summed E-state index contributed by atoms with van der Waals surface area (Å²) >= 11 is 0. The summed E-state index contributed by atoms with van der Waals surface area (Å²) in [5.41, 5.74) is 0.265. The standard InChI is InChI=1S/C10H13N3O3/c14-7-8-10(13-6-5-11-8)12-4-2-1-3-9(15)16/h5-6,11H,1-4H2,(H,12,13)(H,15,16). The van der Waals surface area contributed by atoms with Crippen molar-refractivity contribution in [2.75, 3.05) is 6.54 Å². The van der Waals surface area contributed by atoms with E-state index >= 15 is 0 Å². The van der Waals surface area contributed by atoms with E-state index in [0.29, 0.717) is 25.2 Å². The lowest BCUT2D eigenvalue weighted by atomic mass is 10.2. The Morgan fingerprint density at radius 2 is 2.38 bits per heavy atom.